The summed E-state index contributed by atoms with van der Waals surface area (Å²) in [5, 5.41) is 0. The molecular formula is C36H73NO2. The van der Waals surface area contributed by atoms with Crippen molar-refractivity contribution in [2.45, 2.75) is 225 Å². The molecule has 0 bridgehead atoms. The number of hydrogen-bond donors (Lipinski definition) is 1. The van der Waals surface area contributed by atoms with Gasteiger partial charge in [-0.3, -0.25) is 0 Å². The third-order valence-corrected chi connectivity index (χ3v) is 8.54. The summed E-state index contributed by atoms with van der Waals surface area (Å²) in [7, 11) is 0. The zero-order chi connectivity index (χ0) is 28.5. The number of primary amides is 1. The van der Waals surface area contributed by atoms with E-state index >= 15 is 0 Å². The van der Waals surface area contributed by atoms with Crippen LogP contribution in [0.25, 0.3) is 0 Å². The minimum atomic E-state index is -0.595. The van der Waals surface area contributed by atoms with Crippen molar-refractivity contribution in [3.05, 3.63) is 0 Å². The summed E-state index contributed by atoms with van der Waals surface area (Å²) in [6.45, 7) is 4.58. The molecule has 0 aromatic rings. The third kappa shape index (κ3) is 33.4. The number of ether oxygens (including phenoxy) is 1. The van der Waals surface area contributed by atoms with Gasteiger partial charge < -0.3 is 10.5 Å². The summed E-state index contributed by atoms with van der Waals surface area (Å²) in [5.41, 5.74) is 5.34. The maximum absolute atomic E-state index is 11.3. The molecule has 39 heavy (non-hydrogen) atoms. The van der Waals surface area contributed by atoms with Crippen LogP contribution in [-0.4, -0.2) is 12.2 Å². The molecule has 0 atom stereocenters. The van der Waals surface area contributed by atoms with Crippen LogP contribution >= 0.6 is 0 Å². The first-order valence-electron chi connectivity index (χ1n) is 18.2. The first-order valence-corrected chi connectivity index (χ1v) is 18.2. The standard InChI is InChI=1S/C36H73NO2/c1-3-5-7-9-11-13-15-17-19-21-23-25-27-29-31-33-35(39-36(37)38)34-32-30-28-26-24-22-20-18-16-14-12-10-8-6-4-2/h35H,3-34H2,1-2H3,(H2,37,38). The Labute approximate surface area is 246 Å². The summed E-state index contributed by atoms with van der Waals surface area (Å²) < 4.78 is 5.43. The van der Waals surface area contributed by atoms with Crippen LogP contribution in [0.5, 0.6) is 0 Å². The molecule has 1 amide bonds. The molecule has 0 aliphatic rings. The SMILES string of the molecule is CCCCCCCCCCCCCCCCCC(CCCCCCCCCCCCCCCCC)OC(N)=O. The minimum Gasteiger partial charge on any atom is -0.446 e. The second-order valence-electron chi connectivity index (χ2n) is 12.5. The highest BCUT2D eigenvalue weighted by molar-refractivity contribution is 5.64. The van der Waals surface area contributed by atoms with E-state index in [0.29, 0.717) is 0 Å². The lowest BCUT2D eigenvalue weighted by Gasteiger charge is -2.16. The molecule has 0 aliphatic carbocycles. The molecule has 3 heteroatoms. The van der Waals surface area contributed by atoms with E-state index < -0.39 is 6.09 Å². The zero-order valence-corrected chi connectivity index (χ0v) is 27.1. The summed E-state index contributed by atoms with van der Waals surface area (Å²) in [4.78, 5) is 11.3. The molecule has 0 spiro atoms. The van der Waals surface area contributed by atoms with Crippen LogP contribution in [0.4, 0.5) is 4.79 Å². The van der Waals surface area contributed by atoms with E-state index in [1.54, 1.807) is 0 Å². The van der Waals surface area contributed by atoms with Crippen molar-refractivity contribution in [2.24, 2.45) is 5.73 Å². The van der Waals surface area contributed by atoms with Gasteiger partial charge in [-0.2, -0.15) is 0 Å². The highest BCUT2D eigenvalue weighted by Gasteiger charge is 2.12. The molecule has 3 nitrogen and oxygen atoms in total. The highest BCUT2D eigenvalue weighted by Crippen LogP contribution is 2.18. The van der Waals surface area contributed by atoms with Gasteiger partial charge in [0.1, 0.15) is 6.10 Å². The topological polar surface area (TPSA) is 52.3 Å². The number of carbonyl (C=O) groups is 1. The molecule has 0 aromatic heterocycles. The fourth-order valence-electron chi connectivity index (χ4n) is 5.91. The average molecular weight is 552 g/mol. The van der Waals surface area contributed by atoms with Crippen molar-refractivity contribution in [1.29, 1.82) is 0 Å². The van der Waals surface area contributed by atoms with Gasteiger partial charge in [-0.1, -0.05) is 194 Å². The van der Waals surface area contributed by atoms with Crippen LogP contribution in [0.15, 0.2) is 0 Å². The Kier molecular flexibility index (Phi) is 32.8. The predicted molar refractivity (Wildman–Crippen MR) is 174 cm³/mol. The maximum atomic E-state index is 11.3. The zero-order valence-electron chi connectivity index (χ0n) is 27.1. The molecule has 0 heterocycles. The number of hydrogen-bond acceptors (Lipinski definition) is 2. The summed E-state index contributed by atoms with van der Waals surface area (Å²) >= 11 is 0. The first-order chi connectivity index (χ1) is 19.2. The van der Waals surface area contributed by atoms with Gasteiger partial charge in [-0.05, 0) is 25.7 Å². The quantitative estimate of drug-likeness (QED) is 0.0824. The summed E-state index contributed by atoms with van der Waals surface area (Å²) in [5.74, 6) is 0. The van der Waals surface area contributed by atoms with Crippen molar-refractivity contribution in [3.8, 4) is 0 Å². The fraction of sp³-hybridized carbons (Fsp3) is 0.972. The molecule has 234 valence electrons. The van der Waals surface area contributed by atoms with Crippen molar-refractivity contribution in [3.63, 3.8) is 0 Å². The molecular weight excluding hydrogens is 478 g/mol. The maximum Gasteiger partial charge on any atom is 0.404 e. The molecule has 0 rings (SSSR count). The van der Waals surface area contributed by atoms with E-state index in [1.165, 1.54) is 180 Å². The number of amides is 1. The van der Waals surface area contributed by atoms with Crippen LogP contribution in [-0.2, 0) is 4.74 Å². The summed E-state index contributed by atoms with van der Waals surface area (Å²) in [6.07, 6.45) is 42.8. The lowest BCUT2D eigenvalue weighted by atomic mass is 10.0. The van der Waals surface area contributed by atoms with Gasteiger partial charge in [0.15, 0.2) is 0 Å². The minimum absolute atomic E-state index is 0.0337. The highest BCUT2D eigenvalue weighted by atomic mass is 16.6. The van der Waals surface area contributed by atoms with E-state index in [2.05, 4.69) is 13.8 Å². The van der Waals surface area contributed by atoms with Crippen LogP contribution in [0.2, 0.25) is 0 Å². The predicted octanol–water partition coefficient (Wildman–Crippen LogP) is 13.0. The Morgan fingerprint density at radius 2 is 0.615 bits per heavy atom. The second kappa shape index (κ2) is 33.5. The second-order valence-corrected chi connectivity index (χ2v) is 12.5. The van der Waals surface area contributed by atoms with E-state index in [0.717, 1.165) is 25.7 Å². The fourth-order valence-corrected chi connectivity index (χ4v) is 5.91. The molecule has 0 saturated heterocycles. The van der Waals surface area contributed by atoms with Crippen molar-refractivity contribution in [1.82, 2.24) is 0 Å². The third-order valence-electron chi connectivity index (χ3n) is 8.54. The summed E-state index contributed by atoms with van der Waals surface area (Å²) in [6, 6.07) is 0. The van der Waals surface area contributed by atoms with Crippen LogP contribution in [0.1, 0.15) is 219 Å². The lowest BCUT2D eigenvalue weighted by Crippen LogP contribution is -2.22. The van der Waals surface area contributed by atoms with Gasteiger partial charge in [0, 0.05) is 0 Å². The Morgan fingerprint density at radius 1 is 0.410 bits per heavy atom. The Hall–Kier alpha value is -0.730. The molecule has 0 unspecified atom stereocenters. The van der Waals surface area contributed by atoms with Gasteiger partial charge in [-0.25, -0.2) is 4.79 Å². The Morgan fingerprint density at radius 3 is 0.821 bits per heavy atom. The van der Waals surface area contributed by atoms with Crippen molar-refractivity contribution >= 4 is 6.09 Å². The van der Waals surface area contributed by atoms with Crippen molar-refractivity contribution < 1.29 is 9.53 Å². The molecule has 0 aromatic carbocycles. The Bertz CT molecular complexity index is 433. The van der Waals surface area contributed by atoms with Crippen molar-refractivity contribution in [2.75, 3.05) is 0 Å². The largest absolute Gasteiger partial charge is 0.446 e. The monoisotopic (exact) mass is 552 g/mol. The molecule has 0 saturated carbocycles. The number of nitrogens with two attached hydrogens (primary N) is 1. The first kappa shape index (κ1) is 38.3. The average Bonchev–Trinajstić information content (AvgIpc) is 2.92. The smallest absolute Gasteiger partial charge is 0.404 e. The van der Waals surface area contributed by atoms with E-state index in [4.69, 9.17) is 10.5 Å². The Balaban J connectivity index is 3.48. The number of unbranched alkanes of at least 4 members (excludes halogenated alkanes) is 28. The van der Waals surface area contributed by atoms with Gasteiger partial charge in [0.2, 0.25) is 0 Å². The van der Waals surface area contributed by atoms with Gasteiger partial charge in [0.05, 0.1) is 0 Å². The number of rotatable bonds is 33. The lowest BCUT2D eigenvalue weighted by molar-refractivity contribution is 0.0921. The van der Waals surface area contributed by atoms with Gasteiger partial charge >= 0.3 is 6.09 Å². The van der Waals surface area contributed by atoms with E-state index in [1.807, 2.05) is 0 Å². The number of carbonyl (C=O) groups excluding carboxylic acids is 1. The van der Waals surface area contributed by atoms with Gasteiger partial charge in [0.25, 0.3) is 0 Å². The molecule has 0 aliphatic heterocycles. The normalized spacial score (nSPS) is 11.5. The van der Waals surface area contributed by atoms with Crippen LogP contribution in [0.3, 0.4) is 0 Å². The van der Waals surface area contributed by atoms with Gasteiger partial charge in [-0.15, -0.1) is 0 Å². The van der Waals surface area contributed by atoms with E-state index in [9.17, 15) is 4.79 Å². The molecule has 0 radical (unpaired) electrons. The molecule has 2 N–H and O–H groups in total. The van der Waals surface area contributed by atoms with Crippen LogP contribution < -0.4 is 5.73 Å². The van der Waals surface area contributed by atoms with Crippen LogP contribution in [0, 0.1) is 0 Å². The van der Waals surface area contributed by atoms with E-state index in [-0.39, 0.29) is 6.10 Å². The molecule has 0 fully saturated rings.